The van der Waals surface area contributed by atoms with Crippen molar-refractivity contribution in [1.29, 1.82) is 0 Å². The quantitative estimate of drug-likeness (QED) is 0.196. The van der Waals surface area contributed by atoms with Crippen LogP contribution in [0.4, 0.5) is 0 Å². The summed E-state index contributed by atoms with van der Waals surface area (Å²) in [7, 11) is 0. The van der Waals surface area contributed by atoms with Crippen LogP contribution >= 0.6 is 0 Å². The van der Waals surface area contributed by atoms with Gasteiger partial charge in [-0.25, -0.2) is 15.0 Å². The van der Waals surface area contributed by atoms with Gasteiger partial charge in [-0.1, -0.05) is 133 Å². The van der Waals surface area contributed by atoms with E-state index < -0.39 is 0 Å². The maximum absolute atomic E-state index is 6.28. The lowest BCUT2D eigenvalue weighted by Crippen LogP contribution is -2.00. The van der Waals surface area contributed by atoms with E-state index in [0.29, 0.717) is 17.5 Å². The topological polar surface area (TPSA) is 51.8 Å². The number of nitrogens with zero attached hydrogens (tertiary/aromatic N) is 3. The highest BCUT2D eigenvalue weighted by Gasteiger charge is 2.18. The fourth-order valence-corrected chi connectivity index (χ4v) is 6.60. The molecule has 2 aromatic heterocycles. The van der Waals surface area contributed by atoms with Gasteiger partial charge in [0, 0.05) is 27.6 Å². The molecule has 0 unspecified atom stereocenters. The van der Waals surface area contributed by atoms with Crippen molar-refractivity contribution in [2.24, 2.45) is 0 Å². The number of fused-ring (bicyclic) bond motifs is 4. The molecule has 0 saturated carbocycles. The Bertz CT molecular complexity index is 2440. The van der Waals surface area contributed by atoms with E-state index in [1.807, 2.05) is 12.1 Å². The second kappa shape index (κ2) is 11.3. The van der Waals surface area contributed by atoms with Crippen LogP contribution in [0.5, 0.6) is 0 Å². The van der Waals surface area contributed by atoms with Crippen molar-refractivity contribution in [2.75, 3.05) is 0 Å². The molecule has 47 heavy (non-hydrogen) atoms. The fourth-order valence-electron chi connectivity index (χ4n) is 6.60. The Morgan fingerprint density at radius 3 is 1.87 bits per heavy atom. The zero-order chi connectivity index (χ0) is 31.2. The van der Waals surface area contributed by atoms with Gasteiger partial charge in [0.25, 0.3) is 0 Å². The monoisotopic (exact) mass is 603 g/mol. The molecule has 0 fully saturated rings. The molecule has 8 aromatic rings. The van der Waals surface area contributed by atoms with Gasteiger partial charge < -0.3 is 4.42 Å². The summed E-state index contributed by atoms with van der Waals surface area (Å²) in [5.41, 5.74) is 9.60. The molecule has 4 heteroatoms. The molecule has 9 rings (SSSR count). The van der Waals surface area contributed by atoms with E-state index >= 15 is 0 Å². The van der Waals surface area contributed by atoms with E-state index in [1.54, 1.807) is 0 Å². The van der Waals surface area contributed by atoms with Crippen LogP contribution in [0.3, 0.4) is 0 Å². The third-order valence-electron chi connectivity index (χ3n) is 9.03. The SMILES string of the molecule is C1=Cc2oc3cc(-c4nc(-c5ccc(-c6ccccc6)cc5)nc(-c5cccc6cc(-c7ccccc7)ccc56)n4)ccc3c2CC1. The van der Waals surface area contributed by atoms with E-state index in [4.69, 9.17) is 19.4 Å². The molecule has 0 spiro atoms. The summed E-state index contributed by atoms with van der Waals surface area (Å²) in [6.07, 6.45) is 6.28. The van der Waals surface area contributed by atoms with Crippen LogP contribution in [0.1, 0.15) is 17.7 Å². The average molecular weight is 604 g/mol. The Morgan fingerprint density at radius 2 is 1.09 bits per heavy atom. The minimum absolute atomic E-state index is 0.613. The van der Waals surface area contributed by atoms with Crippen molar-refractivity contribution in [1.82, 2.24) is 15.0 Å². The van der Waals surface area contributed by atoms with Gasteiger partial charge in [0.1, 0.15) is 11.3 Å². The van der Waals surface area contributed by atoms with Crippen molar-refractivity contribution < 1.29 is 4.42 Å². The zero-order valence-electron chi connectivity index (χ0n) is 25.6. The number of hydrogen-bond acceptors (Lipinski definition) is 4. The van der Waals surface area contributed by atoms with Crippen LogP contribution in [0.15, 0.2) is 150 Å². The fraction of sp³-hybridized carbons (Fsp3) is 0.0465. The average Bonchev–Trinajstić information content (AvgIpc) is 3.53. The lowest BCUT2D eigenvalue weighted by atomic mass is 9.98. The van der Waals surface area contributed by atoms with E-state index in [-0.39, 0.29) is 0 Å². The summed E-state index contributed by atoms with van der Waals surface area (Å²) >= 11 is 0. The first-order chi connectivity index (χ1) is 23.3. The molecule has 0 radical (unpaired) electrons. The molecule has 0 atom stereocenters. The van der Waals surface area contributed by atoms with Gasteiger partial charge in [-0.05, 0) is 64.1 Å². The second-order valence-electron chi connectivity index (χ2n) is 12.0. The minimum atomic E-state index is 0.613. The molecule has 1 aliphatic rings. The Labute approximate surface area is 272 Å². The molecular formula is C43H29N3O. The normalized spacial score (nSPS) is 12.4. The first-order valence-corrected chi connectivity index (χ1v) is 16.0. The van der Waals surface area contributed by atoms with Crippen LogP contribution in [0, 0.1) is 0 Å². The summed E-state index contributed by atoms with van der Waals surface area (Å²) in [4.78, 5) is 15.2. The molecular weight excluding hydrogens is 574 g/mol. The molecule has 2 heterocycles. The molecule has 1 aliphatic carbocycles. The molecule has 222 valence electrons. The third kappa shape index (κ3) is 5.01. The van der Waals surface area contributed by atoms with Crippen LogP contribution in [0.2, 0.25) is 0 Å². The summed E-state index contributed by atoms with van der Waals surface area (Å²) in [5, 5.41) is 3.38. The van der Waals surface area contributed by atoms with E-state index in [1.165, 1.54) is 22.3 Å². The standard InChI is InChI=1S/C43H29N3O/c1-3-10-28(11-4-1)30-18-20-31(21-19-30)41-44-42(34-23-25-37-36-15-7-8-17-39(36)47-40(37)27-34)46-43(45-41)38-16-9-14-33-26-32(22-24-35(33)38)29-12-5-2-6-13-29/h1-6,8-14,16-27H,7,15H2. The smallest absolute Gasteiger partial charge is 0.164 e. The highest BCUT2D eigenvalue weighted by molar-refractivity contribution is 5.98. The van der Waals surface area contributed by atoms with Crippen molar-refractivity contribution in [3.05, 3.63) is 157 Å². The highest BCUT2D eigenvalue weighted by Crippen LogP contribution is 2.36. The second-order valence-corrected chi connectivity index (χ2v) is 12.0. The van der Waals surface area contributed by atoms with Crippen molar-refractivity contribution >= 4 is 27.8 Å². The Balaban J connectivity index is 1.20. The maximum atomic E-state index is 6.28. The summed E-state index contributed by atoms with van der Waals surface area (Å²) in [6.45, 7) is 0. The first kappa shape index (κ1) is 27.2. The van der Waals surface area contributed by atoms with Gasteiger partial charge >= 0.3 is 0 Å². The highest BCUT2D eigenvalue weighted by atomic mass is 16.3. The zero-order valence-corrected chi connectivity index (χ0v) is 25.6. The van der Waals surface area contributed by atoms with Gasteiger partial charge in [0.05, 0.1) is 0 Å². The molecule has 0 amide bonds. The molecule has 0 saturated heterocycles. The summed E-state index contributed by atoms with van der Waals surface area (Å²) < 4.78 is 6.28. The minimum Gasteiger partial charge on any atom is -0.456 e. The Kier molecular flexibility index (Phi) is 6.57. The largest absolute Gasteiger partial charge is 0.456 e. The number of benzene rings is 6. The van der Waals surface area contributed by atoms with Crippen LogP contribution < -0.4 is 0 Å². The third-order valence-corrected chi connectivity index (χ3v) is 9.03. The lowest BCUT2D eigenvalue weighted by molar-refractivity contribution is 0.595. The predicted molar refractivity (Wildman–Crippen MR) is 192 cm³/mol. The Hall–Kier alpha value is -6.13. The van der Waals surface area contributed by atoms with E-state index in [0.717, 1.165) is 62.6 Å². The van der Waals surface area contributed by atoms with Gasteiger partial charge in [-0.2, -0.15) is 0 Å². The number of allylic oxidation sites excluding steroid dienone is 1. The summed E-state index contributed by atoms with van der Waals surface area (Å²) in [5.74, 6) is 2.83. The first-order valence-electron chi connectivity index (χ1n) is 16.0. The number of aryl methyl sites for hydroxylation is 1. The number of aromatic nitrogens is 3. The summed E-state index contributed by atoms with van der Waals surface area (Å²) in [6, 6.07) is 48.5. The van der Waals surface area contributed by atoms with E-state index in [9.17, 15) is 0 Å². The van der Waals surface area contributed by atoms with Crippen molar-refractivity contribution in [3.8, 4) is 56.4 Å². The molecule has 0 aliphatic heterocycles. The van der Waals surface area contributed by atoms with E-state index in [2.05, 4.69) is 140 Å². The molecule has 6 aromatic carbocycles. The predicted octanol–water partition coefficient (Wildman–Crippen LogP) is 11.1. The molecule has 0 bridgehead atoms. The lowest BCUT2D eigenvalue weighted by Gasteiger charge is -2.12. The molecule has 4 nitrogen and oxygen atoms in total. The van der Waals surface area contributed by atoms with Crippen molar-refractivity contribution in [2.45, 2.75) is 12.8 Å². The van der Waals surface area contributed by atoms with Gasteiger partial charge in [0.2, 0.25) is 0 Å². The van der Waals surface area contributed by atoms with Gasteiger partial charge in [-0.3, -0.25) is 0 Å². The number of hydrogen-bond donors (Lipinski definition) is 0. The molecule has 0 N–H and O–H groups in total. The number of furan rings is 1. The van der Waals surface area contributed by atoms with Gasteiger partial charge in [-0.15, -0.1) is 0 Å². The van der Waals surface area contributed by atoms with Crippen LogP contribution in [0.25, 0.3) is 84.2 Å². The number of rotatable bonds is 5. The van der Waals surface area contributed by atoms with Crippen LogP contribution in [-0.2, 0) is 6.42 Å². The van der Waals surface area contributed by atoms with Crippen molar-refractivity contribution in [3.63, 3.8) is 0 Å². The Morgan fingerprint density at radius 1 is 0.468 bits per heavy atom. The van der Waals surface area contributed by atoms with Gasteiger partial charge in [0.15, 0.2) is 17.5 Å². The van der Waals surface area contributed by atoms with Crippen LogP contribution in [-0.4, -0.2) is 15.0 Å². The maximum Gasteiger partial charge on any atom is 0.164 e.